The molecule has 2 fully saturated rings. The van der Waals surface area contributed by atoms with E-state index >= 15 is 0 Å². The molecular formula is C15H35N7. The average Bonchev–Trinajstić information content (AvgIpc) is 2.53. The lowest BCUT2D eigenvalue weighted by atomic mass is 10.3. The molecule has 2 unspecified atom stereocenters. The van der Waals surface area contributed by atoms with Gasteiger partial charge < -0.3 is 21.7 Å². The van der Waals surface area contributed by atoms with Crippen molar-refractivity contribution in [2.24, 2.45) is 5.73 Å². The number of fused-ring (bicyclic) bond motifs is 2. The topological polar surface area (TPSA) is 71.8 Å². The fourth-order valence-corrected chi connectivity index (χ4v) is 3.18. The van der Waals surface area contributed by atoms with Gasteiger partial charge in [-0.1, -0.05) is 0 Å². The molecule has 7 heteroatoms. The van der Waals surface area contributed by atoms with Crippen molar-refractivity contribution in [3.05, 3.63) is 0 Å². The van der Waals surface area contributed by atoms with Crippen LogP contribution >= 0.6 is 0 Å². The molecule has 2 bridgehead atoms. The highest BCUT2D eigenvalue weighted by Gasteiger charge is 2.16. The number of rotatable bonds is 2. The van der Waals surface area contributed by atoms with Crippen LogP contribution in [0.25, 0.3) is 0 Å². The normalized spacial score (nSPS) is 31.0. The zero-order valence-corrected chi connectivity index (χ0v) is 14.0. The van der Waals surface area contributed by atoms with Crippen LogP contribution in [-0.4, -0.2) is 100 Å². The summed E-state index contributed by atoms with van der Waals surface area (Å²) in [5.41, 5.74) is 5.72. The third-order valence-electron chi connectivity index (χ3n) is 4.42. The second-order valence-electron chi connectivity index (χ2n) is 6.33. The molecule has 2 aliphatic heterocycles. The Morgan fingerprint density at radius 2 is 1.50 bits per heavy atom. The second kappa shape index (κ2) is 11.3. The van der Waals surface area contributed by atoms with E-state index in [2.05, 4.69) is 30.7 Å². The zero-order chi connectivity index (χ0) is 15.5. The predicted octanol–water partition coefficient (Wildman–Crippen LogP) is -1.70. The van der Waals surface area contributed by atoms with Crippen molar-refractivity contribution >= 4 is 0 Å². The third kappa shape index (κ3) is 7.32. The molecule has 2 aliphatic rings. The summed E-state index contributed by atoms with van der Waals surface area (Å²) in [6, 6.07) is 0. The molecule has 0 amide bonds. The summed E-state index contributed by atoms with van der Waals surface area (Å²) < 4.78 is 0. The summed E-state index contributed by atoms with van der Waals surface area (Å²) in [5, 5.41) is 10.5. The van der Waals surface area contributed by atoms with Crippen LogP contribution in [0.2, 0.25) is 0 Å². The molecule has 0 aromatic heterocycles. The molecule has 0 saturated carbocycles. The van der Waals surface area contributed by atoms with E-state index in [1.54, 1.807) is 0 Å². The molecule has 0 aromatic rings. The second-order valence-corrected chi connectivity index (χ2v) is 6.33. The Balaban J connectivity index is 1.76. The summed E-state index contributed by atoms with van der Waals surface area (Å²) in [4.78, 5) is 7.54. The Morgan fingerprint density at radius 3 is 2.36 bits per heavy atom. The summed E-state index contributed by atoms with van der Waals surface area (Å²) in [5.74, 6) is 0. The highest BCUT2D eigenvalue weighted by Crippen LogP contribution is 2.05. The zero-order valence-electron chi connectivity index (χ0n) is 14.0. The lowest BCUT2D eigenvalue weighted by Crippen LogP contribution is -2.50. The maximum Gasteiger partial charge on any atom is 0.0518 e. The minimum atomic E-state index is 0.735. The monoisotopic (exact) mass is 313 g/mol. The van der Waals surface area contributed by atoms with Crippen LogP contribution in [0.15, 0.2) is 0 Å². The van der Waals surface area contributed by atoms with Gasteiger partial charge in [-0.25, -0.2) is 0 Å². The summed E-state index contributed by atoms with van der Waals surface area (Å²) in [6.45, 7) is 13.7. The predicted molar refractivity (Wildman–Crippen MR) is 91.6 cm³/mol. The first-order valence-corrected chi connectivity index (χ1v) is 8.88. The summed E-state index contributed by atoms with van der Waals surface area (Å²) >= 11 is 0. The first kappa shape index (κ1) is 18.1. The summed E-state index contributed by atoms with van der Waals surface area (Å²) in [6.07, 6.45) is 2.51. The number of nitrogens with zero attached hydrogens (tertiary/aromatic N) is 3. The lowest BCUT2D eigenvalue weighted by molar-refractivity contribution is 0.0775. The third-order valence-corrected chi connectivity index (χ3v) is 4.42. The lowest BCUT2D eigenvalue weighted by Gasteiger charge is -2.36. The SMILES string of the molecule is NCCN1CCNCNCCCN2CCCN(CNCC1)C2. The smallest absolute Gasteiger partial charge is 0.0518 e. The Labute approximate surface area is 135 Å². The quantitative estimate of drug-likeness (QED) is 0.484. The van der Waals surface area contributed by atoms with Crippen molar-refractivity contribution in [1.29, 1.82) is 0 Å². The van der Waals surface area contributed by atoms with Gasteiger partial charge >= 0.3 is 0 Å². The fourth-order valence-electron chi connectivity index (χ4n) is 3.18. The first-order valence-electron chi connectivity index (χ1n) is 8.88. The Hall–Kier alpha value is -0.280. The minimum Gasteiger partial charge on any atom is -0.329 e. The van der Waals surface area contributed by atoms with Gasteiger partial charge in [-0.2, -0.15) is 0 Å². The van der Waals surface area contributed by atoms with E-state index in [1.807, 2.05) is 0 Å². The van der Waals surface area contributed by atoms with Crippen molar-refractivity contribution in [2.75, 3.05) is 85.5 Å². The van der Waals surface area contributed by atoms with E-state index in [9.17, 15) is 0 Å². The Bertz CT molecular complexity index is 269. The molecule has 22 heavy (non-hydrogen) atoms. The van der Waals surface area contributed by atoms with Crippen molar-refractivity contribution in [2.45, 2.75) is 12.8 Å². The number of nitrogens with one attached hydrogen (secondary N) is 3. The van der Waals surface area contributed by atoms with E-state index in [0.29, 0.717) is 0 Å². The van der Waals surface area contributed by atoms with Crippen LogP contribution in [0.5, 0.6) is 0 Å². The van der Waals surface area contributed by atoms with E-state index in [1.165, 1.54) is 32.5 Å². The number of hydrogen-bond donors (Lipinski definition) is 4. The first-order chi connectivity index (χ1) is 10.9. The van der Waals surface area contributed by atoms with Crippen LogP contribution < -0.4 is 21.7 Å². The Morgan fingerprint density at radius 1 is 0.773 bits per heavy atom. The van der Waals surface area contributed by atoms with Crippen molar-refractivity contribution in [3.8, 4) is 0 Å². The van der Waals surface area contributed by atoms with Crippen LogP contribution in [0.4, 0.5) is 0 Å². The van der Waals surface area contributed by atoms with Gasteiger partial charge in [0.05, 0.1) is 6.67 Å². The highest BCUT2D eigenvalue weighted by atomic mass is 15.4. The van der Waals surface area contributed by atoms with Gasteiger partial charge in [-0.05, 0) is 19.4 Å². The van der Waals surface area contributed by atoms with Gasteiger partial charge in [0, 0.05) is 72.2 Å². The van der Waals surface area contributed by atoms with E-state index in [-0.39, 0.29) is 0 Å². The van der Waals surface area contributed by atoms with Crippen molar-refractivity contribution < 1.29 is 0 Å². The molecule has 0 spiro atoms. The molecule has 2 saturated heterocycles. The molecule has 2 atom stereocenters. The van der Waals surface area contributed by atoms with Gasteiger partial charge in [-0.3, -0.25) is 14.7 Å². The van der Waals surface area contributed by atoms with Crippen molar-refractivity contribution in [1.82, 2.24) is 30.7 Å². The molecule has 130 valence electrons. The van der Waals surface area contributed by atoms with Crippen LogP contribution in [-0.2, 0) is 0 Å². The van der Waals surface area contributed by atoms with Crippen molar-refractivity contribution in [3.63, 3.8) is 0 Å². The van der Waals surface area contributed by atoms with Gasteiger partial charge in [0.2, 0.25) is 0 Å². The molecule has 0 aliphatic carbocycles. The molecule has 0 aromatic carbocycles. The molecule has 0 radical (unpaired) electrons. The molecule has 7 nitrogen and oxygen atoms in total. The summed E-state index contributed by atoms with van der Waals surface area (Å²) in [7, 11) is 0. The van der Waals surface area contributed by atoms with Crippen LogP contribution in [0.3, 0.4) is 0 Å². The number of hydrogen-bond acceptors (Lipinski definition) is 7. The van der Waals surface area contributed by atoms with E-state index in [0.717, 1.165) is 65.8 Å². The van der Waals surface area contributed by atoms with E-state index in [4.69, 9.17) is 5.73 Å². The van der Waals surface area contributed by atoms with Crippen LogP contribution in [0, 0.1) is 0 Å². The molecule has 2 rings (SSSR count). The van der Waals surface area contributed by atoms with Gasteiger partial charge in [0.25, 0.3) is 0 Å². The molecule has 5 N–H and O–H groups in total. The highest BCUT2D eigenvalue weighted by molar-refractivity contribution is 4.70. The Kier molecular flexibility index (Phi) is 9.27. The standard InChI is InChI=1S/C15H35N7/c16-3-10-20-11-5-18-13-17-4-1-7-21-8-2-9-22(15-21)14-19-6-12-20/h17-19H,1-16H2. The minimum absolute atomic E-state index is 0.735. The molecule has 2 heterocycles. The fraction of sp³-hybridized carbons (Fsp3) is 1.00. The van der Waals surface area contributed by atoms with Gasteiger partial charge in [-0.15, -0.1) is 0 Å². The average molecular weight is 313 g/mol. The van der Waals surface area contributed by atoms with Gasteiger partial charge in [0.1, 0.15) is 0 Å². The van der Waals surface area contributed by atoms with Crippen LogP contribution in [0.1, 0.15) is 12.8 Å². The maximum absolute atomic E-state index is 5.72. The maximum atomic E-state index is 5.72. The molecular weight excluding hydrogens is 278 g/mol. The van der Waals surface area contributed by atoms with Gasteiger partial charge in [0.15, 0.2) is 0 Å². The number of nitrogens with two attached hydrogens (primary N) is 1. The van der Waals surface area contributed by atoms with E-state index < -0.39 is 0 Å². The largest absolute Gasteiger partial charge is 0.329 e.